The third kappa shape index (κ3) is 2.32. The largest absolute Gasteiger partial charge is 0.338 e. The van der Waals surface area contributed by atoms with Gasteiger partial charge in [-0.1, -0.05) is 24.2 Å². The highest BCUT2D eigenvalue weighted by molar-refractivity contribution is 5.83. The van der Waals surface area contributed by atoms with Gasteiger partial charge < -0.3 is 14.4 Å². The molecule has 0 saturated heterocycles. The summed E-state index contributed by atoms with van der Waals surface area (Å²) in [7, 11) is 1.96. The molecule has 2 heterocycles. The first-order valence-electron chi connectivity index (χ1n) is 6.84. The van der Waals surface area contributed by atoms with Crippen molar-refractivity contribution in [3.8, 4) is 0 Å². The van der Waals surface area contributed by atoms with E-state index in [1.54, 1.807) is 0 Å². The maximum atomic E-state index is 5.26. The zero-order chi connectivity index (χ0) is 13.9. The van der Waals surface area contributed by atoms with Gasteiger partial charge >= 0.3 is 0 Å². The summed E-state index contributed by atoms with van der Waals surface area (Å²) in [6.07, 6.45) is 2.86. The molecule has 0 unspecified atom stereocenters. The summed E-state index contributed by atoms with van der Waals surface area (Å²) in [6, 6.07) is 8.48. The van der Waals surface area contributed by atoms with Crippen molar-refractivity contribution < 1.29 is 4.52 Å². The van der Waals surface area contributed by atoms with E-state index in [1.165, 1.54) is 16.5 Å². The van der Waals surface area contributed by atoms with Crippen LogP contribution in [0.15, 0.2) is 35.0 Å². The minimum Gasteiger partial charge on any atom is -0.338 e. The molecule has 5 nitrogen and oxygen atoms in total. The third-order valence-electron chi connectivity index (χ3n) is 3.40. The van der Waals surface area contributed by atoms with Crippen molar-refractivity contribution in [3.05, 3.63) is 47.7 Å². The van der Waals surface area contributed by atoms with Crippen LogP contribution in [0.3, 0.4) is 0 Å². The van der Waals surface area contributed by atoms with Crippen molar-refractivity contribution in [2.45, 2.75) is 26.4 Å². The number of fused-ring (bicyclic) bond motifs is 1. The number of hydrogen-bond donors (Lipinski definition) is 1. The number of rotatable bonds is 5. The number of aryl methyl sites for hydroxylation is 1. The molecule has 0 bridgehead atoms. The molecule has 0 aliphatic rings. The lowest BCUT2D eigenvalue weighted by Gasteiger charge is -2.05. The number of aromatic nitrogens is 3. The van der Waals surface area contributed by atoms with Crippen molar-refractivity contribution in [2.24, 2.45) is 0 Å². The van der Waals surface area contributed by atoms with E-state index >= 15 is 0 Å². The van der Waals surface area contributed by atoms with E-state index in [0.717, 1.165) is 18.8 Å². The number of nitrogens with zero attached hydrogens (tertiary/aromatic N) is 3. The summed E-state index contributed by atoms with van der Waals surface area (Å²) in [5.74, 6) is 1.41. The van der Waals surface area contributed by atoms with Crippen molar-refractivity contribution in [3.63, 3.8) is 0 Å². The van der Waals surface area contributed by atoms with Crippen LogP contribution in [-0.2, 0) is 19.5 Å². The van der Waals surface area contributed by atoms with Crippen LogP contribution in [0, 0.1) is 0 Å². The van der Waals surface area contributed by atoms with Crippen molar-refractivity contribution >= 4 is 10.9 Å². The van der Waals surface area contributed by atoms with Crippen LogP contribution in [0.5, 0.6) is 0 Å². The van der Waals surface area contributed by atoms with Gasteiger partial charge in [0.15, 0.2) is 5.82 Å². The van der Waals surface area contributed by atoms with Crippen LogP contribution in [0.4, 0.5) is 0 Å². The zero-order valence-electron chi connectivity index (χ0n) is 11.8. The molecule has 0 aliphatic heterocycles. The van der Waals surface area contributed by atoms with E-state index in [1.807, 2.05) is 14.0 Å². The molecular weight excluding hydrogens is 252 g/mol. The molecule has 1 aromatic carbocycles. The van der Waals surface area contributed by atoms with Crippen LogP contribution >= 0.6 is 0 Å². The van der Waals surface area contributed by atoms with Gasteiger partial charge in [-0.05, 0) is 24.7 Å². The maximum Gasteiger partial charge on any atom is 0.246 e. The van der Waals surface area contributed by atoms with E-state index in [2.05, 4.69) is 50.5 Å². The Morgan fingerprint density at radius 2 is 2.20 bits per heavy atom. The highest BCUT2D eigenvalue weighted by atomic mass is 16.5. The summed E-state index contributed by atoms with van der Waals surface area (Å²) >= 11 is 0. The van der Waals surface area contributed by atoms with Crippen molar-refractivity contribution in [1.82, 2.24) is 20.0 Å². The second kappa shape index (κ2) is 5.46. The Kier molecular flexibility index (Phi) is 3.52. The smallest absolute Gasteiger partial charge is 0.246 e. The predicted molar refractivity (Wildman–Crippen MR) is 77.5 cm³/mol. The van der Waals surface area contributed by atoms with Gasteiger partial charge in [0.1, 0.15) is 6.54 Å². The molecule has 1 N–H and O–H groups in total. The second-order valence-electron chi connectivity index (χ2n) is 4.78. The summed E-state index contributed by atoms with van der Waals surface area (Å²) in [5, 5.41) is 8.39. The van der Waals surface area contributed by atoms with Crippen LogP contribution in [-0.4, -0.2) is 21.8 Å². The monoisotopic (exact) mass is 270 g/mol. The number of hydrogen-bond acceptors (Lipinski definition) is 4. The van der Waals surface area contributed by atoms with Crippen molar-refractivity contribution in [2.75, 3.05) is 7.05 Å². The van der Waals surface area contributed by atoms with Crippen LogP contribution < -0.4 is 5.32 Å². The normalized spacial score (nSPS) is 11.3. The second-order valence-corrected chi connectivity index (χ2v) is 4.78. The quantitative estimate of drug-likeness (QED) is 0.773. The summed E-state index contributed by atoms with van der Waals surface area (Å²) in [5.41, 5.74) is 2.48. The Morgan fingerprint density at radius 1 is 1.30 bits per heavy atom. The van der Waals surface area contributed by atoms with Crippen LogP contribution in [0.1, 0.15) is 24.2 Å². The highest BCUT2D eigenvalue weighted by Crippen LogP contribution is 2.21. The van der Waals surface area contributed by atoms with E-state index in [9.17, 15) is 0 Å². The van der Waals surface area contributed by atoms with Gasteiger partial charge in [0.05, 0.1) is 0 Å². The minimum atomic E-state index is 0.611. The van der Waals surface area contributed by atoms with Gasteiger partial charge in [0, 0.05) is 30.1 Å². The van der Waals surface area contributed by atoms with Gasteiger partial charge in [0.25, 0.3) is 0 Å². The fourth-order valence-electron chi connectivity index (χ4n) is 2.41. The Balaban J connectivity index is 1.94. The van der Waals surface area contributed by atoms with Crippen molar-refractivity contribution in [1.29, 1.82) is 0 Å². The van der Waals surface area contributed by atoms with E-state index in [4.69, 9.17) is 4.52 Å². The molecule has 0 spiro atoms. The van der Waals surface area contributed by atoms with Crippen LogP contribution in [0.25, 0.3) is 10.9 Å². The molecule has 0 aliphatic carbocycles. The van der Waals surface area contributed by atoms with Gasteiger partial charge in [-0.3, -0.25) is 0 Å². The molecule has 0 fully saturated rings. The van der Waals surface area contributed by atoms with Gasteiger partial charge in [-0.15, -0.1) is 0 Å². The molecule has 0 radical (unpaired) electrons. The Labute approximate surface area is 117 Å². The average Bonchev–Trinajstić information content (AvgIpc) is 3.08. The molecule has 5 heteroatoms. The van der Waals surface area contributed by atoms with E-state index in [-0.39, 0.29) is 0 Å². The molecule has 2 aromatic heterocycles. The zero-order valence-corrected chi connectivity index (χ0v) is 11.8. The summed E-state index contributed by atoms with van der Waals surface area (Å²) < 4.78 is 7.40. The average molecular weight is 270 g/mol. The Hall–Kier alpha value is -2.14. The Bertz CT molecular complexity index is 714. The maximum absolute atomic E-state index is 5.26. The predicted octanol–water partition coefficient (Wildman–Crippen LogP) is 2.35. The molecule has 3 rings (SSSR count). The third-order valence-corrected chi connectivity index (χ3v) is 3.40. The molecule has 104 valence electrons. The van der Waals surface area contributed by atoms with Gasteiger partial charge in [0.2, 0.25) is 5.89 Å². The molecule has 0 atom stereocenters. The lowest BCUT2D eigenvalue weighted by Crippen LogP contribution is -2.05. The molecule has 0 amide bonds. The first-order valence-corrected chi connectivity index (χ1v) is 6.84. The molecule has 3 aromatic rings. The van der Waals surface area contributed by atoms with E-state index < -0.39 is 0 Å². The molecule has 0 saturated carbocycles. The minimum absolute atomic E-state index is 0.611. The lowest BCUT2D eigenvalue weighted by molar-refractivity contribution is 0.368. The number of nitrogens with one attached hydrogen (secondary N) is 1. The van der Waals surface area contributed by atoms with Crippen LogP contribution in [0.2, 0.25) is 0 Å². The fourth-order valence-corrected chi connectivity index (χ4v) is 2.41. The highest BCUT2D eigenvalue weighted by Gasteiger charge is 2.09. The fraction of sp³-hybridized carbons (Fsp3) is 0.333. The van der Waals surface area contributed by atoms with E-state index in [0.29, 0.717) is 12.4 Å². The SMILES string of the molecule is CCc1noc(Cn2ccc3c(CNC)cccc32)n1. The molecular formula is C15H18N4O. The lowest BCUT2D eigenvalue weighted by atomic mass is 10.1. The standard InChI is InChI=1S/C15H18N4O/c1-3-14-17-15(20-18-14)10-19-8-7-12-11(9-16-2)5-4-6-13(12)19/h4-8,16H,3,9-10H2,1-2H3. The first kappa shape index (κ1) is 12.9. The molecule has 20 heavy (non-hydrogen) atoms. The first-order chi connectivity index (χ1) is 9.81. The summed E-state index contributed by atoms with van der Waals surface area (Å²) in [4.78, 5) is 4.36. The van der Waals surface area contributed by atoms with Gasteiger partial charge in [-0.25, -0.2) is 0 Å². The van der Waals surface area contributed by atoms with Gasteiger partial charge in [-0.2, -0.15) is 4.98 Å². The topological polar surface area (TPSA) is 55.9 Å². The summed E-state index contributed by atoms with van der Waals surface area (Å²) in [6.45, 7) is 3.49. The number of benzene rings is 1. The Morgan fingerprint density at radius 3 is 2.95 bits per heavy atom.